The van der Waals surface area contributed by atoms with Crippen molar-refractivity contribution in [1.29, 1.82) is 0 Å². The topological polar surface area (TPSA) is 101 Å². The first-order chi connectivity index (χ1) is 10.2. The highest BCUT2D eigenvalue weighted by molar-refractivity contribution is 6.06. The van der Waals surface area contributed by atoms with E-state index in [1.165, 1.54) is 4.90 Å². The second kappa shape index (κ2) is 5.45. The van der Waals surface area contributed by atoms with Crippen LogP contribution in [0, 0.1) is 0 Å². The van der Waals surface area contributed by atoms with Gasteiger partial charge in [0.2, 0.25) is 5.91 Å². The maximum Gasteiger partial charge on any atom is 0.256 e. The summed E-state index contributed by atoms with van der Waals surface area (Å²) in [5, 5.41) is 3.07. The second-order valence-corrected chi connectivity index (χ2v) is 4.85. The molecule has 3 rings (SSSR count). The van der Waals surface area contributed by atoms with E-state index < -0.39 is 11.9 Å². The molecule has 1 unspecified atom stereocenters. The van der Waals surface area contributed by atoms with Crippen molar-refractivity contribution < 1.29 is 9.59 Å². The average Bonchev–Trinajstić information content (AvgIpc) is 2.53. The van der Waals surface area contributed by atoms with Crippen molar-refractivity contribution in [2.75, 3.05) is 19.6 Å². The molecule has 0 spiro atoms. The van der Waals surface area contributed by atoms with Gasteiger partial charge < -0.3 is 16.0 Å². The summed E-state index contributed by atoms with van der Waals surface area (Å²) in [7, 11) is 0. The lowest BCUT2D eigenvalue weighted by Crippen LogP contribution is -2.58. The normalized spacial score (nSPS) is 18.7. The minimum absolute atomic E-state index is 0.244. The van der Waals surface area contributed by atoms with Crippen molar-refractivity contribution in [2.24, 2.45) is 5.73 Å². The van der Waals surface area contributed by atoms with Gasteiger partial charge in [0.25, 0.3) is 5.91 Å². The number of fused-ring (bicyclic) bond motifs is 1. The maximum absolute atomic E-state index is 12.8. The summed E-state index contributed by atoms with van der Waals surface area (Å²) in [6.07, 6.45) is 3.12. The van der Waals surface area contributed by atoms with Crippen LogP contribution in [0.1, 0.15) is 10.4 Å². The first kappa shape index (κ1) is 13.4. The highest BCUT2D eigenvalue weighted by Crippen LogP contribution is 2.18. The summed E-state index contributed by atoms with van der Waals surface area (Å²) in [5.74, 6) is -0.756. The highest BCUT2D eigenvalue weighted by Gasteiger charge is 2.31. The molecule has 1 aliphatic rings. The molecule has 2 aromatic rings. The van der Waals surface area contributed by atoms with Gasteiger partial charge in [0.1, 0.15) is 11.6 Å². The van der Waals surface area contributed by atoms with Gasteiger partial charge >= 0.3 is 0 Å². The molecule has 1 aliphatic heterocycles. The van der Waals surface area contributed by atoms with Crippen LogP contribution in [0.4, 0.5) is 0 Å². The number of aromatic nitrogens is 2. The number of benzene rings is 1. The minimum atomic E-state index is -0.641. The Labute approximate surface area is 121 Å². The van der Waals surface area contributed by atoms with Crippen molar-refractivity contribution >= 4 is 22.8 Å². The van der Waals surface area contributed by atoms with Gasteiger partial charge in [0, 0.05) is 32.0 Å². The third-order valence-electron chi connectivity index (χ3n) is 3.56. The molecule has 0 radical (unpaired) electrons. The molecule has 1 fully saturated rings. The molecule has 2 heterocycles. The number of carbonyl (C=O) groups is 2. The number of para-hydroxylation sites is 1. The fourth-order valence-electron chi connectivity index (χ4n) is 2.52. The van der Waals surface area contributed by atoms with E-state index in [1.807, 2.05) is 0 Å². The summed E-state index contributed by atoms with van der Waals surface area (Å²) in [5.41, 5.74) is 7.01. The summed E-state index contributed by atoms with van der Waals surface area (Å²) in [4.78, 5) is 34.2. The minimum Gasteiger partial charge on any atom is -0.368 e. The van der Waals surface area contributed by atoms with E-state index in [0.717, 1.165) is 0 Å². The van der Waals surface area contributed by atoms with Crippen LogP contribution in [0.25, 0.3) is 11.0 Å². The van der Waals surface area contributed by atoms with Crippen LogP contribution in [0.15, 0.2) is 30.6 Å². The van der Waals surface area contributed by atoms with Gasteiger partial charge in [0.05, 0.1) is 11.1 Å². The number of nitrogens with two attached hydrogens (primary N) is 1. The van der Waals surface area contributed by atoms with E-state index in [2.05, 4.69) is 15.3 Å². The first-order valence-corrected chi connectivity index (χ1v) is 6.69. The average molecular weight is 285 g/mol. The van der Waals surface area contributed by atoms with Gasteiger partial charge in [-0.2, -0.15) is 0 Å². The van der Waals surface area contributed by atoms with Crippen molar-refractivity contribution in [2.45, 2.75) is 6.04 Å². The maximum atomic E-state index is 12.8. The number of hydrogen-bond donors (Lipinski definition) is 2. The Morgan fingerprint density at radius 2 is 2.10 bits per heavy atom. The van der Waals surface area contributed by atoms with Crippen LogP contribution in [0.5, 0.6) is 0 Å². The summed E-state index contributed by atoms with van der Waals surface area (Å²) < 4.78 is 0. The molecule has 1 saturated heterocycles. The molecule has 1 atom stereocenters. The molecular formula is C14H15N5O2. The van der Waals surface area contributed by atoms with Crippen LogP contribution >= 0.6 is 0 Å². The number of hydrogen-bond acceptors (Lipinski definition) is 5. The Morgan fingerprint density at radius 1 is 1.29 bits per heavy atom. The van der Waals surface area contributed by atoms with Crippen molar-refractivity contribution in [3.8, 4) is 0 Å². The zero-order valence-corrected chi connectivity index (χ0v) is 11.3. The molecular weight excluding hydrogens is 270 g/mol. The summed E-state index contributed by atoms with van der Waals surface area (Å²) in [6.45, 7) is 1.44. The van der Waals surface area contributed by atoms with Gasteiger partial charge in [-0.05, 0) is 12.1 Å². The molecule has 7 nitrogen and oxygen atoms in total. The number of carbonyl (C=O) groups excluding carboxylic acids is 2. The number of piperazine rings is 1. The van der Waals surface area contributed by atoms with Gasteiger partial charge in [0.15, 0.2) is 0 Å². The fourth-order valence-corrected chi connectivity index (χ4v) is 2.52. The highest BCUT2D eigenvalue weighted by atomic mass is 16.2. The number of nitrogens with zero attached hydrogens (tertiary/aromatic N) is 3. The number of rotatable bonds is 2. The lowest BCUT2D eigenvalue weighted by atomic mass is 10.1. The summed E-state index contributed by atoms with van der Waals surface area (Å²) in [6, 6.07) is 4.60. The Balaban J connectivity index is 2.01. The molecule has 0 aliphatic carbocycles. The van der Waals surface area contributed by atoms with E-state index >= 15 is 0 Å². The Bertz CT molecular complexity index is 697. The Kier molecular flexibility index (Phi) is 3.49. The lowest BCUT2D eigenvalue weighted by Gasteiger charge is -2.34. The predicted molar refractivity (Wildman–Crippen MR) is 76.4 cm³/mol. The van der Waals surface area contributed by atoms with Gasteiger partial charge in [-0.1, -0.05) is 6.07 Å². The van der Waals surface area contributed by atoms with Crippen molar-refractivity contribution in [3.05, 3.63) is 36.2 Å². The van der Waals surface area contributed by atoms with E-state index in [-0.39, 0.29) is 5.91 Å². The SMILES string of the molecule is NC(=O)C1CNCCN1C(=O)c1cccc2nccnc12. The largest absolute Gasteiger partial charge is 0.368 e. The van der Waals surface area contributed by atoms with E-state index in [4.69, 9.17) is 5.73 Å². The zero-order chi connectivity index (χ0) is 14.8. The molecule has 21 heavy (non-hydrogen) atoms. The molecule has 0 saturated carbocycles. The van der Waals surface area contributed by atoms with Crippen LogP contribution < -0.4 is 11.1 Å². The monoisotopic (exact) mass is 285 g/mol. The Morgan fingerprint density at radius 3 is 2.90 bits per heavy atom. The number of nitrogens with one attached hydrogen (secondary N) is 1. The standard InChI is InChI=1S/C14H15N5O2/c15-13(20)11-8-16-6-7-19(11)14(21)9-2-1-3-10-12(9)18-5-4-17-10/h1-5,11,16H,6-8H2,(H2,15,20). The van der Waals surface area contributed by atoms with Gasteiger partial charge in [-0.3, -0.25) is 19.6 Å². The molecule has 2 amide bonds. The predicted octanol–water partition coefficient (Wildman–Crippen LogP) is -0.471. The quantitative estimate of drug-likeness (QED) is 0.776. The molecule has 108 valence electrons. The smallest absolute Gasteiger partial charge is 0.256 e. The van der Waals surface area contributed by atoms with Gasteiger partial charge in [-0.25, -0.2) is 0 Å². The van der Waals surface area contributed by atoms with E-state index in [1.54, 1.807) is 30.6 Å². The molecule has 1 aromatic heterocycles. The first-order valence-electron chi connectivity index (χ1n) is 6.69. The third kappa shape index (κ3) is 2.43. The van der Waals surface area contributed by atoms with Crippen LogP contribution in [0.3, 0.4) is 0 Å². The number of primary amides is 1. The van der Waals surface area contributed by atoms with Crippen molar-refractivity contribution in [3.63, 3.8) is 0 Å². The molecule has 3 N–H and O–H groups in total. The second-order valence-electron chi connectivity index (χ2n) is 4.85. The van der Waals surface area contributed by atoms with Crippen molar-refractivity contribution in [1.82, 2.24) is 20.2 Å². The van der Waals surface area contributed by atoms with E-state index in [0.29, 0.717) is 36.2 Å². The molecule has 7 heteroatoms. The lowest BCUT2D eigenvalue weighted by molar-refractivity contribution is -0.122. The number of amides is 2. The molecule has 0 bridgehead atoms. The zero-order valence-electron chi connectivity index (χ0n) is 11.3. The Hall–Kier alpha value is -2.54. The van der Waals surface area contributed by atoms with Crippen LogP contribution in [0.2, 0.25) is 0 Å². The van der Waals surface area contributed by atoms with Crippen LogP contribution in [-0.4, -0.2) is 52.4 Å². The van der Waals surface area contributed by atoms with E-state index in [9.17, 15) is 9.59 Å². The molecule has 1 aromatic carbocycles. The summed E-state index contributed by atoms with van der Waals surface area (Å²) >= 11 is 0. The van der Waals surface area contributed by atoms with Crippen LogP contribution in [-0.2, 0) is 4.79 Å². The third-order valence-corrected chi connectivity index (χ3v) is 3.56. The van der Waals surface area contributed by atoms with Gasteiger partial charge in [-0.15, -0.1) is 0 Å². The fraction of sp³-hybridized carbons (Fsp3) is 0.286.